The van der Waals surface area contributed by atoms with Gasteiger partial charge in [-0.15, -0.1) is 0 Å². The predicted molar refractivity (Wildman–Crippen MR) is 254 cm³/mol. The summed E-state index contributed by atoms with van der Waals surface area (Å²) in [6.07, 6.45) is 5.44. The number of carbonyl (C=O) groups excluding carboxylic acids is 4. The first-order valence-electron chi connectivity index (χ1n) is 19.3. The van der Waals surface area contributed by atoms with Gasteiger partial charge in [0.25, 0.3) is 5.56 Å². The van der Waals surface area contributed by atoms with Gasteiger partial charge in [-0.1, -0.05) is 99.3 Å². The van der Waals surface area contributed by atoms with E-state index in [9.17, 15) is 38.4 Å². The number of methoxy groups -OCH3 is 2. The van der Waals surface area contributed by atoms with Gasteiger partial charge in [0.2, 0.25) is 0 Å². The van der Waals surface area contributed by atoms with E-state index in [1.54, 1.807) is 122 Å². The Labute approximate surface area is 394 Å². The third-order valence-electron chi connectivity index (χ3n) is 9.27. The number of ether oxygens (including phenoxy) is 3. The summed E-state index contributed by atoms with van der Waals surface area (Å²) in [5.74, 6) is -4.35. The Morgan fingerprint density at radius 2 is 1.24 bits per heavy atom. The molecule has 0 fully saturated rings. The monoisotopic (exact) mass is 947 g/mol. The molecule has 0 atom stereocenters. The average molecular weight is 948 g/mol. The average Bonchev–Trinajstić information content (AvgIpc) is 3.31. The first-order valence-corrected chi connectivity index (χ1v) is 19.6. The van der Waals surface area contributed by atoms with Crippen LogP contribution < -0.4 is 11.2 Å². The largest absolute Gasteiger partial charge is 0.481 e. The summed E-state index contributed by atoms with van der Waals surface area (Å²) < 4.78 is 20.1. The molecule has 0 spiro atoms. The van der Waals surface area contributed by atoms with E-state index in [0.29, 0.717) is 60.2 Å². The summed E-state index contributed by atoms with van der Waals surface area (Å²) in [5, 5.41) is 19.4. The molecule has 68 heavy (non-hydrogen) atoms. The number of pyridine rings is 2. The van der Waals surface area contributed by atoms with E-state index >= 15 is 0 Å². The maximum Gasteiger partial charge on any atom is 0.348 e. The van der Waals surface area contributed by atoms with Gasteiger partial charge in [-0.3, -0.25) is 14.2 Å². The quantitative estimate of drug-likeness (QED) is 0.0506. The molecular formula is C50H46ClN3O14. The molecule has 0 saturated heterocycles. The highest BCUT2D eigenvalue weighted by Gasteiger charge is 2.29. The zero-order valence-electron chi connectivity index (χ0n) is 35.4. The number of aromatic nitrogens is 2. The number of hydrogen-bond acceptors (Lipinski definition) is 14. The van der Waals surface area contributed by atoms with Gasteiger partial charge in [0, 0.05) is 48.2 Å². The first-order chi connectivity index (χ1) is 31.6. The minimum atomic E-state index is -1.10. The SMILES string of the molecule is C.C.CN(C)/C=C1/C(=O)OC(=O)c2ccccc21.COC(=O)c1cn(-c2ccc(Cl)nc2)c(=O)c2ccccc12.COC(=O)c1coc(=O)c2ccccc12.O=C(O)Cc1ccccc1C(=O)O. The lowest BCUT2D eigenvalue weighted by Crippen LogP contribution is -2.23. The van der Waals surface area contributed by atoms with Crippen LogP contribution in [0.4, 0.5) is 0 Å². The van der Waals surface area contributed by atoms with Crippen molar-refractivity contribution in [2.45, 2.75) is 21.3 Å². The molecule has 1 aliphatic heterocycles. The molecule has 18 heteroatoms. The van der Waals surface area contributed by atoms with Gasteiger partial charge in [0.15, 0.2) is 0 Å². The van der Waals surface area contributed by atoms with Crippen molar-refractivity contribution in [3.8, 4) is 5.69 Å². The number of aromatic carboxylic acids is 1. The van der Waals surface area contributed by atoms with Crippen LogP contribution in [0.15, 0.2) is 148 Å². The van der Waals surface area contributed by atoms with Gasteiger partial charge in [-0.05, 0) is 42.0 Å². The number of aliphatic carboxylic acids is 1. The highest BCUT2D eigenvalue weighted by Crippen LogP contribution is 2.27. The van der Waals surface area contributed by atoms with Crippen LogP contribution in [0.1, 0.15) is 67.4 Å². The molecule has 0 bridgehead atoms. The van der Waals surface area contributed by atoms with E-state index in [0.717, 1.165) is 6.26 Å². The molecule has 1 aliphatic rings. The maximum atomic E-state index is 12.6. The number of carbonyl (C=O) groups is 6. The number of esters is 4. The number of nitrogens with zero attached hydrogens (tertiary/aromatic N) is 3. The van der Waals surface area contributed by atoms with Gasteiger partial charge >= 0.3 is 41.4 Å². The lowest BCUT2D eigenvalue weighted by molar-refractivity contribution is -0.136. The van der Waals surface area contributed by atoms with Crippen LogP contribution in [-0.2, 0) is 30.2 Å². The summed E-state index contributed by atoms with van der Waals surface area (Å²) in [4.78, 5) is 97.0. The second-order valence-electron chi connectivity index (χ2n) is 13.8. The molecule has 0 unspecified atom stereocenters. The molecule has 0 saturated carbocycles. The molecule has 2 N–H and O–H groups in total. The molecule has 0 radical (unpaired) electrons. The van der Waals surface area contributed by atoms with E-state index in [1.807, 2.05) is 0 Å². The molecule has 3 aromatic heterocycles. The summed E-state index contributed by atoms with van der Waals surface area (Å²) in [6.45, 7) is 0. The lowest BCUT2D eigenvalue weighted by atomic mass is 9.98. The number of rotatable bonds is 7. The maximum absolute atomic E-state index is 12.6. The number of carboxylic acids is 2. The van der Waals surface area contributed by atoms with Gasteiger partial charge < -0.3 is 33.7 Å². The van der Waals surface area contributed by atoms with Gasteiger partial charge in [-0.2, -0.15) is 0 Å². The van der Waals surface area contributed by atoms with Gasteiger partial charge in [0.05, 0.1) is 60.2 Å². The Morgan fingerprint density at radius 3 is 1.81 bits per heavy atom. The number of carboxylic acid groups (broad SMARTS) is 2. The molecule has 0 aliphatic carbocycles. The van der Waals surface area contributed by atoms with Gasteiger partial charge in [-0.25, -0.2) is 33.8 Å². The van der Waals surface area contributed by atoms with Crippen molar-refractivity contribution in [2.75, 3.05) is 28.3 Å². The zero-order valence-corrected chi connectivity index (χ0v) is 36.2. The third kappa shape index (κ3) is 13.0. The normalized spacial score (nSPS) is 11.5. The van der Waals surface area contributed by atoms with Crippen LogP contribution in [0.2, 0.25) is 5.15 Å². The Balaban J connectivity index is 0.000000243. The lowest BCUT2D eigenvalue weighted by Gasteiger charge is -2.18. The fourth-order valence-corrected chi connectivity index (χ4v) is 6.41. The molecule has 7 aromatic rings. The standard InChI is InChI=1S/C16H11ClN2O3.C12H11NO3.C11H8O4.C9H8O4.2CH4/c1-22-16(21)13-9-19(10-6-7-14(17)18-8-10)15(20)12-5-3-2-4-11(12)13;1-13(2)7-10-8-5-3-4-6-9(8)11(14)16-12(10)15;1-14-10(12)9-6-15-11(13)8-5-3-2-4-7(8)9;10-8(11)5-6-3-1-2-4-7(6)9(12)13;;/h2-9H,1H3;3-7H,1-2H3;2-6H,1H3;1-4H,5H2,(H,10,11)(H,12,13);2*1H4/b;10-7+;;;;. The van der Waals surface area contributed by atoms with Gasteiger partial charge in [0.1, 0.15) is 17.0 Å². The molecule has 4 aromatic carbocycles. The number of benzene rings is 4. The second kappa shape index (κ2) is 24.6. The molecule has 17 nitrogen and oxygen atoms in total. The van der Waals surface area contributed by atoms with E-state index in [4.69, 9.17) is 31.0 Å². The van der Waals surface area contributed by atoms with Crippen LogP contribution in [0.3, 0.4) is 0 Å². The molecule has 4 heterocycles. The van der Waals surface area contributed by atoms with Crippen molar-refractivity contribution in [2.24, 2.45) is 0 Å². The third-order valence-corrected chi connectivity index (χ3v) is 9.49. The summed E-state index contributed by atoms with van der Waals surface area (Å²) in [7, 11) is 6.19. The second-order valence-corrected chi connectivity index (χ2v) is 14.2. The predicted octanol–water partition coefficient (Wildman–Crippen LogP) is 7.98. The molecule has 8 rings (SSSR count). The van der Waals surface area contributed by atoms with Crippen LogP contribution in [0, 0.1) is 0 Å². The van der Waals surface area contributed by atoms with Crippen LogP contribution in [-0.4, -0.2) is 88.8 Å². The smallest absolute Gasteiger partial charge is 0.348 e. The van der Waals surface area contributed by atoms with Crippen molar-refractivity contribution in [3.63, 3.8) is 0 Å². The Bertz CT molecular complexity index is 3140. The minimum absolute atomic E-state index is 0. The zero-order chi connectivity index (χ0) is 48.1. The first kappa shape index (κ1) is 53.6. The van der Waals surface area contributed by atoms with Crippen molar-refractivity contribution in [1.29, 1.82) is 0 Å². The summed E-state index contributed by atoms with van der Waals surface area (Å²) in [6, 6.07) is 29.9. The number of cyclic esters (lactones) is 2. The number of hydrogen-bond donors (Lipinski definition) is 2. The van der Waals surface area contributed by atoms with Crippen LogP contribution in [0.5, 0.6) is 0 Å². The minimum Gasteiger partial charge on any atom is -0.481 e. The summed E-state index contributed by atoms with van der Waals surface area (Å²) in [5.41, 5.74) is 2.21. The Morgan fingerprint density at radius 1 is 0.691 bits per heavy atom. The number of fused-ring (bicyclic) bond motifs is 3. The van der Waals surface area contributed by atoms with Crippen molar-refractivity contribution >= 4 is 74.5 Å². The number of halogens is 1. The van der Waals surface area contributed by atoms with E-state index in [-0.39, 0.29) is 38.0 Å². The molecule has 352 valence electrons. The topological polar surface area (TPSA) is 239 Å². The summed E-state index contributed by atoms with van der Waals surface area (Å²) >= 11 is 5.77. The highest BCUT2D eigenvalue weighted by molar-refractivity contribution is 6.29. The van der Waals surface area contributed by atoms with Crippen molar-refractivity contribution in [1.82, 2.24) is 14.5 Å². The van der Waals surface area contributed by atoms with E-state index < -0.39 is 41.4 Å². The molecule has 0 amide bonds. The Kier molecular flexibility index (Phi) is 19.4. The fourth-order valence-electron chi connectivity index (χ4n) is 6.30. The van der Waals surface area contributed by atoms with E-state index in [1.165, 1.54) is 43.3 Å². The highest BCUT2D eigenvalue weighted by atomic mass is 35.5. The van der Waals surface area contributed by atoms with E-state index in [2.05, 4.69) is 14.5 Å². The van der Waals surface area contributed by atoms with Crippen molar-refractivity contribution in [3.05, 3.63) is 193 Å². The van der Waals surface area contributed by atoms with Crippen LogP contribution >= 0.6 is 11.6 Å². The Hall–Kier alpha value is -8.70. The van der Waals surface area contributed by atoms with Crippen molar-refractivity contribution < 1.29 is 57.6 Å². The van der Waals surface area contributed by atoms with Crippen LogP contribution in [0.25, 0.3) is 32.8 Å². The molecular weight excluding hydrogens is 902 g/mol. The fraction of sp³-hybridized carbons (Fsp3) is 0.140.